The third-order valence-electron chi connectivity index (χ3n) is 3.35. The van der Waals surface area contributed by atoms with Crippen LogP contribution in [0.4, 0.5) is 0 Å². The van der Waals surface area contributed by atoms with Gasteiger partial charge in [0.2, 0.25) is 15.9 Å². The number of hydrogen-bond acceptors (Lipinski definition) is 6. The van der Waals surface area contributed by atoms with Crippen molar-refractivity contribution in [3.05, 3.63) is 58.2 Å². The van der Waals surface area contributed by atoms with Crippen LogP contribution >= 0.6 is 11.3 Å². The van der Waals surface area contributed by atoms with Crippen molar-refractivity contribution in [1.29, 1.82) is 0 Å². The summed E-state index contributed by atoms with van der Waals surface area (Å²) in [6.07, 6.45) is 2.78. The van der Waals surface area contributed by atoms with Gasteiger partial charge in [0.25, 0.3) is 5.56 Å². The van der Waals surface area contributed by atoms with Crippen LogP contribution in [-0.2, 0) is 16.6 Å². The fourth-order valence-electron chi connectivity index (χ4n) is 2.06. The minimum atomic E-state index is -3.61. The molecule has 0 aromatic carbocycles. The Hall–Kier alpha value is -2.23. The Morgan fingerprint density at radius 1 is 1.29 bits per heavy atom. The molecule has 0 aliphatic heterocycles. The van der Waals surface area contributed by atoms with E-state index in [2.05, 4.69) is 4.98 Å². The number of pyridine rings is 1. The summed E-state index contributed by atoms with van der Waals surface area (Å²) >= 11 is 1.50. The van der Waals surface area contributed by atoms with Gasteiger partial charge >= 0.3 is 0 Å². The normalized spacial score (nSPS) is 12.0. The van der Waals surface area contributed by atoms with Crippen LogP contribution < -0.4 is 5.56 Å². The first-order valence-electron chi connectivity index (χ1n) is 6.99. The molecule has 3 aromatic heterocycles. The van der Waals surface area contributed by atoms with Crippen LogP contribution in [0.15, 0.2) is 56.2 Å². The van der Waals surface area contributed by atoms with E-state index in [4.69, 9.17) is 4.42 Å². The molecule has 0 saturated carbocycles. The first-order valence-corrected chi connectivity index (χ1v) is 9.31. The highest BCUT2D eigenvalue weighted by Crippen LogP contribution is 2.23. The molecule has 0 spiro atoms. The largest absolute Gasteiger partial charge is 0.443 e. The number of nitrogens with zero attached hydrogens (tertiary/aromatic N) is 3. The van der Waals surface area contributed by atoms with E-state index in [1.54, 1.807) is 0 Å². The molecule has 3 heterocycles. The standard InChI is InChI=1S/C15H15N3O4S2/c1-17(2)24(20,21)12-5-6-14(19)18(9-12)8-11-10-22-15(16-11)13-4-3-7-23-13/h3-7,9-10H,8H2,1-2H3. The van der Waals surface area contributed by atoms with Gasteiger partial charge in [-0.25, -0.2) is 17.7 Å². The summed E-state index contributed by atoms with van der Waals surface area (Å²) in [5.74, 6) is 0.477. The van der Waals surface area contributed by atoms with Crippen molar-refractivity contribution in [3.63, 3.8) is 0 Å². The molecule has 0 N–H and O–H groups in total. The quantitative estimate of drug-likeness (QED) is 0.689. The van der Waals surface area contributed by atoms with Crippen molar-refractivity contribution in [3.8, 4) is 10.8 Å². The van der Waals surface area contributed by atoms with Gasteiger partial charge in [0.1, 0.15) is 6.26 Å². The predicted octanol–water partition coefficient (Wildman–Crippen LogP) is 1.86. The van der Waals surface area contributed by atoms with Crippen molar-refractivity contribution in [2.75, 3.05) is 14.1 Å². The van der Waals surface area contributed by atoms with Gasteiger partial charge in [0.15, 0.2) is 0 Å². The monoisotopic (exact) mass is 365 g/mol. The van der Waals surface area contributed by atoms with E-state index < -0.39 is 10.0 Å². The fourth-order valence-corrected chi connectivity index (χ4v) is 3.64. The van der Waals surface area contributed by atoms with Crippen molar-refractivity contribution < 1.29 is 12.8 Å². The smallest absolute Gasteiger partial charge is 0.250 e. The van der Waals surface area contributed by atoms with Crippen LogP contribution in [0.25, 0.3) is 10.8 Å². The van der Waals surface area contributed by atoms with Crippen LogP contribution in [0, 0.1) is 0 Å². The second kappa shape index (κ2) is 6.34. The Bertz CT molecular complexity index is 1000. The van der Waals surface area contributed by atoms with Crippen LogP contribution in [0.5, 0.6) is 0 Å². The van der Waals surface area contributed by atoms with E-state index in [-0.39, 0.29) is 17.0 Å². The van der Waals surface area contributed by atoms with Crippen LogP contribution in [0.1, 0.15) is 5.69 Å². The van der Waals surface area contributed by atoms with E-state index in [0.717, 1.165) is 9.18 Å². The zero-order chi connectivity index (χ0) is 17.3. The molecule has 126 valence electrons. The lowest BCUT2D eigenvalue weighted by Crippen LogP contribution is -2.26. The topological polar surface area (TPSA) is 85.4 Å². The lowest BCUT2D eigenvalue weighted by molar-refractivity contribution is 0.519. The molecule has 0 amide bonds. The Balaban J connectivity index is 1.92. The minimum absolute atomic E-state index is 0.0501. The fraction of sp³-hybridized carbons (Fsp3) is 0.200. The van der Waals surface area contributed by atoms with Gasteiger partial charge in [-0.3, -0.25) is 4.79 Å². The number of thiophene rings is 1. The summed E-state index contributed by atoms with van der Waals surface area (Å²) in [6.45, 7) is 0.129. The number of sulfonamides is 1. The minimum Gasteiger partial charge on any atom is -0.443 e. The molecule has 0 aliphatic rings. The summed E-state index contributed by atoms with van der Waals surface area (Å²) in [6, 6.07) is 6.31. The third-order valence-corrected chi connectivity index (χ3v) is 6.01. The van der Waals surface area contributed by atoms with Crippen LogP contribution in [0.2, 0.25) is 0 Å². The molecule has 7 nitrogen and oxygen atoms in total. The van der Waals surface area contributed by atoms with Crippen molar-refractivity contribution in [2.45, 2.75) is 11.4 Å². The molecule has 3 aromatic rings. The molecule has 3 rings (SSSR count). The molecule has 0 aliphatic carbocycles. The van der Waals surface area contributed by atoms with E-state index in [0.29, 0.717) is 11.6 Å². The second-order valence-electron chi connectivity index (χ2n) is 5.24. The zero-order valence-corrected chi connectivity index (χ0v) is 14.7. The van der Waals surface area contributed by atoms with Gasteiger partial charge < -0.3 is 8.98 Å². The molecule has 0 radical (unpaired) electrons. The molecular weight excluding hydrogens is 350 g/mol. The molecule has 0 unspecified atom stereocenters. The number of aromatic nitrogens is 2. The molecule has 24 heavy (non-hydrogen) atoms. The molecule has 0 bridgehead atoms. The Kier molecular flexibility index (Phi) is 4.39. The summed E-state index contributed by atoms with van der Waals surface area (Å²) in [5.41, 5.74) is 0.230. The highest BCUT2D eigenvalue weighted by molar-refractivity contribution is 7.89. The SMILES string of the molecule is CN(C)S(=O)(=O)c1ccc(=O)n(Cc2coc(-c3cccs3)n2)c1. The maximum Gasteiger partial charge on any atom is 0.250 e. The molecule has 0 saturated heterocycles. The maximum absolute atomic E-state index is 12.2. The summed E-state index contributed by atoms with van der Waals surface area (Å²) in [5, 5.41) is 1.92. The average Bonchev–Trinajstić information content (AvgIpc) is 3.20. The number of hydrogen-bond donors (Lipinski definition) is 0. The zero-order valence-electron chi connectivity index (χ0n) is 13.0. The van der Waals surface area contributed by atoms with Crippen molar-refractivity contribution >= 4 is 21.4 Å². The summed E-state index contributed by atoms with van der Waals surface area (Å²) in [4.78, 5) is 17.3. The van der Waals surface area contributed by atoms with E-state index in [9.17, 15) is 13.2 Å². The Labute approximate surface area is 142 Å². The van der Waals surface area contributed by atoms with E-state index in [1.807, 2.05) is 17.5 Å². The summed E-state index contributed by atoms with van der Waals surface area (Å²) in [7, 11) is -0.727. The molecule has 0 fully saturated rings. The average molecular weight is 365 g/mol. The second-order valence-corrected chi connectivity index (χ2v) is 8.34. The van der Waals surface area contributed by atoms with Gasteiger partial charge in [0, 0.05) is 26.4 Å². The first-order chi connectivity index (χ1) is 11.4. The lowest BCUT2D eigenvalue weighted by atomic mass is 10.4. The van der Waals surface area contributed by atoms with Gasteiger partial charge in [-0.1, -0.05) is 6.07 Å². The number of rotatable bonds is 5. The van der Waals surface area contributed by atoms with E-state index >= 15 is 0 Å². The Morgan fingerprint density at radius 2 is 2.08 bits per heavy atom. The van der Waals surface area contributed by atoms with Crippen molar-refractivity contribution in [2.24, 2.45) is 0 Å². The van der Waals surface area contributed by atoms with Crippen molar-refractivity contribution in [1.82, 2.24) is 13.9 Å². The lowest BCUT2D eigenvalue weighted by Gasteiger charge is -2.12. The Morgan fingerprint density at radius 3 is 2.75 bits per heavy atom. The molecule has 9 heteroatoms. The van der Waals surface area contributed by atoms with Gasteiger partial charge in [-0.05, 0) is 17.5 Å². The van der Waals surface area contributed by atoms with Crippen LogP contribution in [-0.4, -0.2) is 36.4 Å². The van der Waals surface area contributed by atoms with Gasteiger partial charge in [-0.2, -0.15) is 0 Å². The van der Waals surface area contributed by atoms with E-state index in [1.165, 1.54) is 54.6 Å². The van der Waals surface area contributed by atoms with Gasteiger partial charge in [-0.15, -0.1) is 11.3 Å². The highest BCUT2D eigenvalue weighted by Gasteiger charge is 2.18. The first kappa shape index (κ1) is 16.6. The molecule has 0 atom stereocenters. The van der Waals surface area contributed by atoms with Crippen LogP contribution in [0.3, 0.4) is 0 Å². The highest BCUT2D eigenvalue weighted by atomic mass is 32.2. The molecular formula is C15H15N3O4S2. The predicted molar refractivity (Wildman–Crippen MR) is 90.5 cm³/mol. The van der Waals surface area contributed by atoms with Gasteiger partial charge in [0.05, 0.1) is 22.0 Å². The number of oxazole rings is 1. The third kappa shape index (κ3) is 3.18. The summed E-state index contributed by atoms with van der Waals surface area (Å²) < 4.78 is 32.2. The maximum atomic E-state index is 12.2.